The molecule has 0 saturated carbocycles. The van der Waals surface area contributed by atoms with Crippen LogP contribution in [0.15, 0.2) is 66.7 Å². The van der Waals surface area contributed by atoms with Crippen LogP contribution < -0.4 is 10.5 Å². The minimum absolute atomic E-state index is 0.268. The normalized spacial score (nSPS) is 12.0. The highest BCUT2D eigenvalue weighted by Gasteiger charge is 2.12. The van der Waals surface area contributed by atoms with E-state index < -0.39 is 12.0 Å². The van der Waals surface area contributed by atoms with E-state index in [1.807, 2.05) is 66.7 Å². The van der Waals surface area contributed by atoms with Crippen molar-refractivity contribution < 1.29 is 14.6 Å². The summed E-state index contributed by atoms with van der Waals surface area (Å²) in [5.74, 6) is 0.393. The molecule has 0 spiro atoms. The van der Waals surface area contributed by atoms with Gasteiger partial charge in [0, 0.05) is 0 Å². The second-order valence-corrected chi connectivity index (χ2v) is 5.41. The number of carboxylic acid groups (broad SMARTS) is 1. The highest BCUT2D eigenvalue weighted by atomic mass is 16.5. The van der Waals surface area contributed by atoms with Gasteiger partial charge in [0.05, 0.1) is 0 Å². The molecule has 0 bridgehead atoms. The zero-order chi connectivity index (χ0) is 16.2. The van der Waals surface area contributed by atoms with E-state index in [2.05, 4.69) is 0 Å². The van der Waals surface area contributed by atoms with E-state index in [-0.39, 0.29) is 6.42 Å². The largest absolute Gasteiger partial charge is 0.480 e. The van der Waals surface area contributed by atoms with Crippen LogP contribution in [0.3, 0.4) is 0 Å². The summed E-state index contributed by atoms with van der Waals surface area (Å²) in [4.78, 5) is 10.8. The molecule has 3 aromatic carbocycles. The maximum absolute atomic E-state index is 10.8. The summed E-state index contributed by atoms with van der Waals surface area (Å²) < 4.78 is 5.88. The zero-order valence-electron chi connectivity index (χ0n) is 12.5. The molecule has 0 aliphatic rings. The molecule has 1 atom stereocenters. The Morgan fingerprint density at radius 3 is 2.48 bits per heavy atom. The minimum atomic E-state index is -1.01. The Kier molecular flexibility index (Phi) is 4.26. The molecule has 116 valence electrons. The molecule has 3 aromatic rings. The molecule has 0 fully saturated rings. The minimum Gasteiger partial charge on any atom is -0.480 e. The second kappa shape index (κ2) is 6.50. The van der Waals surface area contributed by atoms with Crippen LogP contribution in [-0.4, -0.2) is 17.1 Å². The summed E-state index contributed by atoms with van der Waals surface area (Å²) in [6, 6.07) is 20.4. The molecule has 0 aromatic heterocycles. The Hall–Kier alpha value is -2.85. The quantitative estimate of drug-likeness (QED) is 0.755. The Morgan fingerprint density at radius 1 is 0.957 bits per heavy atom. The molecule has 0 aliphatic heterocycles. The molecule has 0 amide bonds. The van der Waals surface area contributed by atoms with Crippen molar-refractivity contribution in [1.82, 2.24) is 0 Å². The summed E-state index contributed by atoms with van der Waals surface area (Å²) in [6.07, 6.45) is 0.268. The first-order chi connectivity index (χ1) is 11.1. The van der Waals surface area contributed by atoms with Crippen molar-refractivity contribution in [3.63, 3.8) is 0 Å². The predicted molar refractivity (Wildman–Crippen MR) is 89.8 cm³/mol. The van der Waals surface area contributed by atoms with Gasteiger partial charge in [-0.25, -0.2) is 0 Å². The molecular weight excluding hydrogens is 290 g/mol. The van der Waals surface area contributed by atoms with Gasteiger partial charge in [-0.3, -0.25) is 4.79 Å². The summed E-state index contributed by atoms with van der Waals surface area (Å²) in [5, 5.41) is 11.2. The lowest BCUT2D eigenvalue weighted by atomic mass is 10.1. The fourth-order valence-electron chi connectivity index (χ4n) is 2.44. The standard InChI is InChI=1S/C19H17NO3/c20-18(19(21)22)11-13-4-3-7-16(10-13)23-17-9-8-14-5-1-2-6-15(14)12-17/h1-10,12,18H,11,20H2,(H,21,22)/t18-/m0/s1. The van der Waals surface area contributed by atoms with Crippen molar-refractivity contribution in [1.29, 1.82) is 0 Å². The Morgan fingerprint density at radius 2 is 1.70 bits per heavy atom. The molecule has 0 saturated heterocycles. The van der Waals surface area contributed by atoms with E-state index in [1.54, 1.807) is 0 Å². The predicted octanol–water partition coefficient (Wildman–Crippen LogP) is 3.59. The van der Waals surface area contributed by atoms with Gasteiger partial charge < -0.3 is 15.6 Å². The smallest absolute Gasteiger partial charge is 0.320 e. The monoisotopic (exact) mass is 307 g/mol. The van der Waals surface area contributed by atoms with Gasteiger partial charge in [0.2, 0.25) is 0 Å². The third-order valence-electron chi connectivity index (χ3n) is 3.63. The number of ether oxygens (including phenoxy) is 1. The maximum Gasteiger partial charge on any atom is 0.320 e. The number of aliphatic carboxylic acids is 1. The van der Waals surface area contributed by atoms with Crippen molar-refractivity contribution >= 4 is 16.7 Å². The van der Waals surface area contributed by atoms with Crippen molar-refractivity contribution in [3.05, 3.63) is 72.3 Å². The van der Waals surface area contributed by atoms with Gasteiger partial charge in [-0.05, 0) is 47.0 Å². The Bertz CT molecular complexity index is 845. The summed E-state index contributed by atoms with van der Waals surface area (Å²) in [5.41, 5.74) is 6.40. The van der Waals surface area contributed by atoms with Crippen LogP contribution in [0.5, 0.6) is 11.5 Å². The van der Waals surface area contributed by atoms with Crippen LogP contribution in [0.25, 0.3) is 10.8 Å². The average molecular weight is 307 g/mol. The summed E-state index contributed by atoms with van der Waals surface area (Å²) in [6.45, 7) is 0. The lowest BCUT2D eigenvalue weighted by molar-refractivity contribution is -0.138. The van der Waals surface area contributed by atoms with Crippen molar-refractivity contribution in [3.8, 4) is 11.5 Å². The van der Waals surface area contributed by atoms with Crippen LogP contribution >= 0.6 is 0 Å². The van der Waals surface area contributed by atoms with Gasteiger partial charge in [-0.15, -0.1) is 0 Å². The number of carbonyl (C=O) groups is 1. The molecule has 3 rings (SSSR count). The Labute approximate surface area is 134 Å². The molecule has 0 radical (unpaired) electrons. The molecule has 4 heteroatoms. The fraction of sp³-hybridized carbons (Fsp3) is 0.105. The van der Waals surface area contributed by atoms with E-state index in [4.69, 9.17) is 15.6 Å². The van der Waals surface area contributed by atoms with Gasteiger partial charge in [-0.2, -0.15) is 0 Å². The van der Waals surface area contributed by atoms with E-state index in [9.17, 15) is 4.79 Å². The first kappa shape index (κ1) is 15.1. The van der Waals surface area contributed by atoms with Crippen molar-refractivity contribution in [2.45, 2.75) is 12.5 Å². The van der Waals surface area contributed by atoms with E-state index in [1.165, 1.54) is 0 Å². The first-order valence-electron chi connectivity index (χ1n) is 7.36. The van der Waals surface area contributed by atoms with Gasteiger partial charge >= 0.3 is 5.97 Å². The number of fused-ring (bicyclic) bond motifs is 1. The SMILES string of the molecule is N[C@@H](Cc1cccc(Oc2ccc3ccccc3c2)c1)C(=O)O. The number of benzene rings is 3. The first-order valence-corrected chi connectivity index (χ1v) is 7.36. The van der Waals surface area contributed by atoms with Gasteiger partial charge in [-0.1, -0.05) is 42.5 Å². The van der Waals surface area contributed by atoms with Crippen LogP contribution in [0.1, 0.15) is 5.56 Å². The van der Waals surface area contributed by atoms with Gasteiger partial charge in [0.15, 0.2) is 0 Å². The van der Waals surface area contributed by atoms with Gasteiger partial charge in [0.25, 0.3) is 0 Å². The zero-order valence-corrected chi connectivity index (χ0v) is 12.5. The average Bonchev–Trinajstić information content (AvgIpc) is 2.55. The highest BCUT2D eigenvalue weighted by molar-refractivity contribution is 5.83. The number of hydrogen-bond donors (Lipinski definition) is 2. The Balaban J connectivity index is 1.80. The number of hydrogen-bond acceptors (Lipinski definition) is 3. The second-order valence-electron chi connectivity index (χ2n) is 5.41. The number of nitrogens with two attached hydrogens (primary N) is 1. The molecule has 3 N–H and O–H groups in total. The fourth-order valence-corrected chi connectivity index (χ4v) is 2.44. The lowest BCUT2D eigenvalue weighted by Crippen LogP contribution is -2.32. The molecule has 0 unspecified atom stereocenters. The summed E-state index contributed by atoms with van der Waals surface area (Å²) in [7, 11) is 0. The van der Waals surface area contributed by atoms with Gasteiger partial charge in [0.1, 0.15) is 17.5 Å². The number of rotatable bonds is 5. The lowest BCUT2D eigenvalue weighted by Gasteiger charge is -2.10. The topological polar surface area (TPSA) is 72.5 Å². The third kappa shape index (κ3) is 3.67. The molecular formula is C19H17NO3. The molecule has 0 heterocycles. The van der Waals surface area contributed by atoms with Crippen molar-refractivity contribution in [2.75, 3.05) is 0 Å². The van der Waals surface area contributed by atoms with Crippen LogP contribution in [0.4, 0.5) is 0 Å². The molecule has 4 nitrogen and oxygen atoms in total. The maximum atomic E-state index is 10.8. The van der Waals surface area contributed by atoms with E-state index >= 15 is 0 Å². The highest BCUT2D eigenvalue weighted by Crippen LogP contribution is 2.26. The molecule has 23 heavy (non-hydrogen) atoms. The van der Waals surface area contributed by atoms with Crippen LogP contribution in [0, 0.1) is 0 Å². The van der Waals surface area contributed by atoms with E-state index in [0.717, 1.165) is 22.1 Å². The van der Waals surface area contributed by atoms with Crippen LogP contribution in [-0.2, 0) is 11.2 Å². The molecule has 0 aliphatic carbocycles. The third-order valence-corrected chi connectivity index (χ3v) is 3.63. The number of carboxylic acids is 1. The van der Waals surface area contributed by atoms with Crippen LogP contribution in [0.2, 0.25) is 0 Å². The van der Waals surface area contributed by atoms with Crippen molar-refractivity contribution in [2.24, 2.45) is 5.73 Å². The summed E-state index contributed by atoms with van der Waals surface area (Å²) >= 11 is 0. The van der Waals surface area contributed by atoms with E-state index in [0.29, 0.717) is 5.75 Å².